The van der Waals surface area contributed by atoms with Crippen molar-refractivity contribution in [1.82, 2.24) is 9.55 Å². The summed E-state index contributed by atoms with van der Waals surface area (Å²) in [4.78, 5) is 15.6. The smallest absolute Gasteiger partial charge is 0.303 e. The molecule has 1 N–H and O–H groups in total. The van der Waals surface area contributed by atoms with Gasteiger partial charge < -0.3 is 14.4 Å². The maximum atomic E-state index is 13.6. The van der Waals surface area contributed by atoms with Crippen LogP contribution in [0.1, 0.15) is 18.4 Å². The third-order valence-electron chi connectivity index (χ3n) is 5.23. The van der Waals surface area contributed by atoms with Crippen LogP contribution in [0.3, 0.4) is 0 Å². The standard InChI is InChI=1S/C22H23N3O5S/c1-15-4-3-5-18(12-15)31(28,29)25-14-17(7-9-21(26)27)30-20-8-6-16(13-19(20)25)22-23-10-11-24(22)2/h3-6,8,10-13,17H,7,9,14H2,1-2H3,(H,26,27)/t17-/m0/s1. The number of benzene rings is 2. The van der Waals surface area contributed by atoms with Gasteiger partial charge in [-0.15, -0.1) is 0 Å². The number of hydrogen-bond acceptors (Lipinski definition) is 5. The predicted octanol–water partition coefficient (Wildman–Crippen LogP) is 3.22. The SMILES string of the molecule is Cc1cccc(S(=O)(=O)N2C[C@H](CCC(=O)O)Oc3ccc(-c4nccn4C)cc32)c1. The highest BCUT2D eigenvalue weighted by molar-refractivity contribution is 7.92. The zero-order valence-electron chi connectivity index (χ0n) is 17.2. The lowest BCUT2D eigenvalue weighted by Gasteiger charge is -2.35. The Kier molecular flexibility index (Phi) is 5.45. The number of ether oxygens (including phenoxy) is 1. The van der Waals surface area contributed by atoms with Crippen molar-refractivity contribution in [2.75, 3.05) is 10.8 Å². The van der Waals surface area contributed by atoms with Crippen LogP contribution in [-0.2, 0) is 21.9 Å². The van der Waals surface area contributed by atoms with Crippen LogP contribution in [0.5, 0.6) is 5.75 Å². The second-order valence-electron chi connectivity index (χ2n) is 7.57. The lowest BCUT2D eigenvalue weighted by molar-refractivity contribution is -0.137. The number of fused-ring (bicyclic) bond motifs is 1. The number of rotatable bonds is 6. The third-order valence-corrected chi connectivity index (χ3v) is 7.00. The highest BCUT2D eigenvalue weighted by Crippen LogP contribution is 2.40. The fourth-order valence-electron chi connectivity index (χ4n) is 3.66. The summed E-state index contributed by atoms with van der Waals surface area (Å²) in [6.07, 6.45) is 3.02. The molecule has 9 heteroatoms. The second kappa shape index (κ2) is 8.07. The van der Waals surface area contributed by atoms with E-state index in [0.717, 1.165) is 11.1 Å². The normalized spacial score (nSPS) is 15.9. The monoisotopic (exact) mass is 441 g/mol. The molecule has 0 saturated heterocycles. The van der Waals surface area contributed by atoms with Crippen molar-refractivity contribution in [2.45, 2.75) is 30.8 Å². The Balaban J connectivity index is 1.80. The number of imidazole rings is 1. The summed E-state index contributed by atoms with van der Waals surface area (Å²) in [6.45, 7) is 1.86. The number of aliphatic carboxylic acids is 1. The van der Waals surface area contributed by atoms with Crippen LogP contribution >= 0.6 is 0 Å². The van der Waals surface area contributed by atoms with Gasteiger partial charge in [-0.1, -0.05) is 12.1 Å². The summed E-state index contributed by atoms with van der Waals surface area (Å²) in [7, 11) is -2.02. The summed E-state index contributed by atoms with van der Waals surface area (Å²) in [5.74, 6) is 0.146. The average molecular weight is 442 g/mol. The molecule has 0 unspecified atom stereocenters. The number of aromatic nitrogens is 2. The van der Waals surface area contributed by atoms with Crippen molar-refractivity contribution < 1.29 is 23.1 Å². The van der Waals surface area contributed by atoms with Gasteiger partial charge in [0, 0.05) is 31.4 Å². The van der Waals surface area contributed by atoms with E-state index in [1.807, 2.05) is 36.9 Å². The molecule has 0 spiro atoms. The maximum absolute atomic E-state index is 13.6. The summed E-state index contributed by atoms with van der Waals surface area (Å²) < 4.78 is 36.3. The van der Waals surface area contributed by atoms with Gasteiger partial charge in [0.05, 0.1) is 17.1 Å². The first kappa shape index (κ1) is 20.9. The minimum atomic E-state index is -3.89. The van der Waals surface area contributed by atoms with E-state index < -0.39 is 22.1 Å². The average Bonchev–Trinajstić information content (AvgIpc) is 3.17. The molecule has 0 aliphatic carbocycles. The molecule has 0 fully saturated rings. The van der Waals surface area contributed by atoms with Gasteiger partial charge in [0.15, 0.2) is 0 Å². The molecule has 4 rings (SSSR count). The molecular formula is C22H23N3O5S. The van der Waals surface area contributed by atoms with E-state index in [0.29, 0.717) is 17.3 Å². The van der Waals surface area contributed by atoms with E-state index in [4.69, 9.17) is 9.84 Å². The van der Waals surface area contributed by atoms with Gasteiger partial charge in [0.1, 0.15) is 17.7 Å². The van der Waals surface area contributed by atoms with Gasteiger partial charge in [-0.25, -0.2) is 13.4 Å². The van der Waals surface area contributed by atoms with Gasteiger partial charge in [-0.05, 0) is 49.2 Å². The summed E-state index contributed by atoms with van der Waals surface area (Å²) in [5.41, 5.74) is 2.00. The number of carbonyl (C=O) groups is 1. The molecule has 1 aromatic heterocycles. The molecule has 3 aromatic rings. The zero-order valence-corrected chi connectivity index (χ0v) is 18.0. The predicted molar refractivity (Wildman–Crippen MR) is 116 cm³/mol. The van der Waals surface area contributed by atoms with Crippen LogP contribution in [0.15, 0.2) is 59.8 Å². The summed E-state index contributed by atoms with van der Waals surface area (Å²) in [5, 5.41) is 9.05. The molecule has 0 amide bonds. The molecule has 1 aliphatic heterocycles. The van der Waals surface area contributed by atoms with Crippen molar-refractivity contribution in [2.24, 2.45) is 7.05 Å². The van der Waals surface area contributed by atoms with Crippen molar-refractivity contribution in [3.63, 3.8) is 0 Å². The van der Waals surface area contributed by atoms with E-state index in [2.05, 4.69) is 4.98 Å². The molecule has 0 bridgehead atoms. The van der Waals surface area contributed by atoms with Gasteiger partial charge in [-0.2, -0.15) is 0 Å². The topological polar surface area (TPSA) is 102 Å². The van der Waals surface area contributed by atoms with Crippen molar-refractivity contribution in [1.29, 1.82) is 0 Å². The largest absolute Gasteiger partial charge is 0.486 e. The summed E-state index contributed by atoms with van der Waals surface area (Å²) in [6, 6.07) is 12.0. The van der Waals surface area contributed by atoms with Crippen LogP contribution in [-0.4, -0.2) is 41.7 Å². The molecule has 0 radical (unpaired) electrons. The first-order valence-corrected chi connectivity index (χ1v) is 11.3. The number of carboxylic acids is 1. The number of aryl methyl sites for hydroxylation is 2. The van der Waals surface area contributed by atoms with Crippen molar-refractivity contribution >= 4 is 21.7 Å². The van der Waals surface area contributed by atoms with Crippen LogP contribution in [0, 0.1) is 6.92 Å². The highest BCUT2D eigenvalue weighted by atomic mass is 32.2. The molecule has 1 atom stereocenters. The maximum Gasteiger partial charge on any atom is 0.303 e. The van der Waals surface area contributed by atoms with Crippen LogP contribution < -0.4 is 9.04 Å². The molecular weight excluding hydrogens is 418 g/mol. The zero-order chi connectivity index (χ0) is 22.2. The van der Waals surface area contributed by atoms with E-state index in [9.17, 15) is 13.2 Å². The molecule has 2 aromatic carbocycles. The van der Waals surface area contributed by atoms with Gasteiger partial charge >= 0.3 is 5.97 Å². The Hall–Kier alpha value is -3.33. The van der Waals surface area contributed by atoms with Crippen LogP contribution in [0.2, 0.25) is 0 Å². The molecule has 1 aliphatic rings. The number of sulfonamides is 1. The Morgan fingerprint density at radius 2 is 2.06 bits per heavy atom. The molecule has 8 nitrogen and oxygen atoms in total. The Bertz CT molecular complexity index is 1240. The van der Waals surface area contributed by atoms with Gasteiger partial charge in [0.25, 0.3) is 10.0 Å². The minimum absolute atomic E-state index is 0.0283. The molecule has 2 heterocycles. The van der Waals surface area contributed by atoms with Gasteiger partial charge in [0.2, 0.25) is 0 Å². The minimum Gasteiger partial charge on any atom is -0.486 e. The first-order valence-electron chi connectivity index (χ1n) is 9.85. The van der Waals surface area contributed by atoms with E-state index >= 15 is 0 Å². The lowest BCUT2D eigenvalue weighted by atomic mass is 10.1. The highest BCUT2D eigenvalue weighted by Gasteiger charge is 2.35. The Labute approximate surface area is 180 Å². The number of carboxylic acid groups (broad SMARTS) is 1. The first-order chi connectivity index (χ1) is 14.8. The Morgan fingerprint density at radius 1 is 1.26 bits per heavy atom. The van der Waals surface area contributed by atoms with Crippen LogP contribution in [0.25, 0.3) is 11.4 Å². The molecule has 162 valence electrons. The quantitative estimate of drug-likeness (QED) is 0.630. The fourth-order valence-corrected chi connectivity index (χ4v) is 5.26. The third kappa shape index (κ3) is 4.13. The fraction of sp³-hybridized carbons (Fsp3) is 0.273. The molecule has 0 saturated carbocycles. The van der Waals surface area contributed by atoms with E-state index in [-0.39, 0.29) is 24.3 Å². The van der Waals surface area contributed by atoms with E-state index in [1.165, 1.54) is 4.31 Å². The number of nitrogens with zero attached hydrogens (tertiary/aromatic N) is 3. The molecule has 31 heavy (non-hydrogen) atoms. The Morgan fingerprint density at radius 3 is 2.74 bits per heavy atom. The van der Waals surface area contributed by atoms with Crippen molar-refractivity contribution in [3.8, 4) is 17.1 Å². The summed E-state index contributed by atoms with van der Waals surface area (Å²) >= 11 is 0. The van der Waals surface area contributed by atoms with E-state index in [1.54, 1.807) is 36.5 Å². The lowest BCUT2D eigenvalue weighted by Crippen LogP contribution is -2.43. The van der Waals surface area contributed by atoms with Gasteiger partial charge in [-0.3, -0.25) is 9.10 Å². The van der Waals surface area contributed by atoms with Crippen molar-refractivity contribution in [3.05, 3.63) is 60.4 Å². The van der Waals surface area contributed by atoms with Crippen LogP contribution in [0.4, 0.5) is 5.69 Å². The number of anilines is 1. The number of hydrogen-bond donors (Lipinski definition) is 1. The second-order valence-corrected chi connectivity index (χ2v) is 9.43.